The van der Waals surface area contributed by atoms with Crippen LogP contribution in [0, 0.1) is 76.9 Å². The first kappa shape index (κ1) is 144. The van der Waals surface area contributed by atoms with Crippen molar-refractivity contribution in [3.8, 4) is 0 Å². The Kier molecular flexibility index (Phi) is 78.9. The number of amides is 2. The zero-order valence-electron chi connectivity index (χ0n) is 90.9. The van der Waals surface area contributed by atoms with Crippen LogP contribution in [0.1, 0.15) is 326 Å². The van der Waals surface area contributed by atoms with Gasteiger partial charge in [-0.05, 0) is 234 Å². The molecule has 3 aromatic rings. The molecule has 8 aliphatic rings. The van der Waals surface area contributed by atoms with Crippen molar-refractivity contribution < 1.29 is 110 Å². The summed E-state index contributed by atoms with van der Waals surface area (Å²) in [6.45, 7) is 54.2. The van der Waals surface area contributed by atoms with Crippen LogP contribution in [0.25, 0.3) is 0 Å². The van der Waals surface area contributed by atoms with Crippen molar-refractivity contribution in [3.05, 3.63) is 131 Å². The van der Waals surface area contributed by atoms with Gasteiger partial charge in [0.1, 0.15) is 28.2 Å². The van der Waals surface area contributed by atoms with Crippen LogP contribution < -0.4 is 0 Å². The summed E-state index contributed by atoms with van der Waals surface area (Å²) in [5, 5.41) is 42.5. The first-order chi connectivity index (χ1) is 66.4. The van der Waals surface area contributed by atoms with Gasteiger partial charge in [-0.15, -0.1) is 0 Å². The van der Waals surface area contributed by atoms with Crippen molar-refractivity contribution in [1.29, 1.82) is 0 Å². The summed E-state index contributed by atoms with van der Waals surface area (Å²) in [7, 11) is 4.96. The summed E-state index contributed by atoms with van der Waals surface area (Å²) in [6, 6.07) is 31.6. The van der Waals surface area contributed by atoms with Gasteiger partial charge in [0.2, 0.25) is 0 Å². The molecular weight excluding hydrogens is 1970 g/mol. The Balaban J connectivity index is -0.000000765. The normalized spacial score (nSPS) is 23.3. The fourth-order valence-corrected chi connectivity index (χ4v) is 18.5. The van der Waals surface area contributed by atoms with E-state index in [9.17, 15) is 41.9 Å². The number of nitrogens with zero attached hydrogens (tertiary/aromatic N) is 5. The molecule has 2 amide bonds. The van der Waals surface area contributed by atoms with Gasteiger partial charge < -0.3 is 73.2 Å². The van der Waals surface area contributed by atoms with Gasteiger partial charge in [0, 0.05) is 151 Å². The number of methoxy groups -OCH3 is 3. The number of aliphatic hydroxyl groups is 4. The second-order valence-electron chi connectivity index (χ2n) is 43.2. The van der Waals surface area contributed by atoms with Crippen LogP contribution in [0.5, 0.6) is 0 Å². The van der Waals surface area contributed by atoms with E-state index in [4.69, 9.17) is 63.5 Å². The van der Waals surface area contributed by atoms with Crippen molar-refractivity contribution in [2.45, 2.75) is 358 Å². The molecule has 145 heavy (non-hydrogen) atoms. The zero-order valence-corrected chi connectivity index (χ0v) is 93.1. The summed E-state index contributed by atoms with van der Waals surface area (Å²) in [5.74, 6) is 6.00. The molecule has 3 aromatic carbocycles. The van der Waals surface area contributed by atoms with Gasteiger partial charge in [0.15, 0.2) is 0 Å². The van der Waals surface area contributed by atoms with Gasteiger partial charge in [-0.25, -0.2) is 28.8 Å². The van der Waals surface area contributed by atoms with Crippen molar-refractivity contribution in [2.24, 2.45) is 76.9 Å². The molecule has 8 fully saturated rings. The van der Waals surface area contributed by atoms with Crippen molar-refractivity contribution in [2.75, 3.05) is 131 Å². The van der Waals surface area contributed by atoms with Crippen molar-refractivity contribution in [1.82, 2.24) is 24.5 Å². The highest BCUT2D eigenvalue weighted by Crippen LogP contribution is 2.36. The molecule has 5 aliphatic heterocycles. The van der Waals surface area contributed by atoms with Gasteiger partial charge >= 0.3 is 42.6 Å². The molecule has 842 valence electrons. The number of Topliss-reactive ketones (excluding diaryl/α,β-unsaturated/α-hetero) is 1. The topological polar surface area (TPSA) is 311 Å². The van der Waals surface area contributed by atoms with Crippen LogP contribution in [0.3, 0.4) is 0 Å². The van der Waals surface area contributed by atoms with Gasteiger partial charge in [-0.2, -0.15) is 13.2 Å². The van der Waals surface area contributed by atoms with Gasteiger partial charge in [-0.1, -0.05) is 293 Å². The summed E-state index contributed by atoms with van der Waals surface area (Å²) < 4.78 is 71.2. The predicted molar refractivity (Wildman–Crippen MR) is 593 cm³/mol. The first-order valence-corrected chi connectivity index (χ1v) is 54.0. The lowest BCUT2D eigenvalue weighted by Gasteiger charge is -2.37. The number of ketones is 1. The Morgan fingerprint density at radius 2 is 0.683 bits per heavy atom. The smallest absolute Gasteiger partial charge is 0.475 e. The summed E-state index contributed by atoms with van der Waals surface area (Å²) >= 11 is 2.15. The lowest BCUT2D eigenvalue weighted by molar-refractivity contribution is -0.192. The van der Waals surface area contributed by atoms with Crippen LogP contribution in [0.2, 0.25) is 0 Å². The summed E-state index contributed by atoms with van der Waals surface area (Å²) in [5.41, 5.74) is 4.45. The highest BCUT2D eigenvalue weighted by Gasteiger charge is 2.39. The number of aliphatic hydroxyl groups excluding tert-OH is 4. The van der Waals surface area contributed by atoms with E-state index < -0.39 is 46.9 Å². The molecule has 3 aliphatic carbocycles. The number of likely N-dealkylation sites (tertiary alicyclic amines) is 5. The monoisotopic (exact) mass is 2170 g/mol. The minimum Gasteiger partial charge on any atom is -0.475 e. The van der Waals surface area contributed by atoms with E-state index in [1.165, 1.54) is 118 Å². The molecule has 29 heteroatoms. The molecule has 0 aromatic heterocycles. The molecule has 0 bridgehead atoms. The molecule has 13 unspecified atom stereocenters. The molecule has 13 atom stereocenters. The predicted octanol–water partition coefficient (Wildman–Crippen LogP) is 26.7. The molecular formula is C116H205F3IN5O20. The van der Waals surface area contributed by atoms with Crippen LogP contribution >= 0.6 is 22.6 Å². The number of carboxylic acid groups (broad SMARTS) is 1. The molecule has 5 saturated heterocycles. The zero-order chi connectivity index (χ0) is 106. The average molecular weight is 2170 g/mol. The number of esters is 1. The fourth-order valence-electron chi connectivity index (χ4n) is 18.5. The number of alkyl halides is 4. The number of halogens is 4. The number of carboxylic acids is 1. The molecule has 0 spiro atoms. The first-order valence-electron chi connectivity index (χ1n) is 51.8. The maximum absolute atomic E-state index is 12.0. The van der Waals surface area contributed by atoms with E-state index in [-0.39, 0.29) is 67.0 Å². The Morgan fingerprint density at radius 3 is 0.952 bits per heavy atom. The summed E-state index contributed by atoms with van der Waals surface area (Å²) in [6.07, 6.45) is 22.9. The minimum atomic E-state index is -5.08. The third-order valence-electron chi connectivity index (χ3n) is 26.5. The fraction of sp³-hybridized carbons (Fsp3) is 0.750. The van der Waals surface area contributed by atoms with E-state index in [2.05, 4.69) is 169 Å². The third-order valence-corrected chi connectivity index (χ3v) is 26.5. The number of piperidine rings is 5. The molecule has 5 N–H and O–H groups in total. The van der Waals surface area contributed by atoms with Gasteiger partial charge in [0.05, 0.1) is 13.7 Å². The maximum Gasteiger partial charge on any atom is 0.519 e. The number of benzene rings is 3. The van der Waals surface area contributed by atoms with E-state index >= 15 is 0 Å². The van der Waals surface area contributed by atoms with Crippen LogP contribution in [-0.2, 0) is 71.9 Å². The Morgan fingerprint density at radius 1 is 0.393 bits per heavy atom. The Hall–Kier alpha value is -6.81. The highest BCUT2D eigenvalue weighted by atomic mass is 127. The van der Waals surface area contributed by atoms with Crippen molar-refractivity contribution >= 4 is 64.8 Å². The second kappa shape index (κ2) is 79.2. The maximum atomic E-state index is 12.0. The number of carbonyl (C=O) groups excluding carboxylic acids is 6. The number of ether oxygens (including phenoxy) is 8. The number of hydrogen-bond donors (Lipinski definition) is 5. The largest absolute Gasteiger partial charge is 0.519 e. The number of hydrogen-bond acceptors (Lipinski definition) is 22. The van der Waals surface area contributed by atoms with E-state index in [0.29, 0.717) is 60.9 Å². The Labute approximate surface area is 891 Å². The molecule has 25 nitrogen and oxygen atoms in total. The van der Waals surface area contributed by atoms with Gasteiger partial charge in [0.25, 0.3) is 0 Å². The van der Waals surface area contributed by atoms with E-state index in [0.717, 1.165) is 185 Å². The highest BCUT2D eigenvalue weighted by molar-refractivity contribution is 14.1. The van der Waals surface area contributed by atoms with Crippen LogP contribution in [0.15, 0.2) is 114 Å². The Bertz CT molecular complexity index is 3850. The lowest BCUT2D eigenvalue weighted by atomic mass is 9.79. The second-order valence-corrected chi connectivity index (χ2v) is 43.2. The molecule has 5 heterocycles. The van der Waals surface area contributed by atoms with Crippen molar-refractivity contribution in [3.63, 3.8) is 0 Å². The quantitative estimate of drug-likeness (QED) is 0.0133. The number of carbonyl (C=O) groups is 7. The molecule has 0 radical (unpaired) electrons. The lowest BCUT2D eigenvalue weighted by Crippen LogP contribution is -2.45. The summed E-state index contributed by atoms with van der Waals surface area (Å²) in [4.78, 5) is 90.3. The van der Waals surface area contributed by atoms with E-state index in [1.807, 2.05) is 76.5 Å². The molecule has 11 rings (SSSR count). The van der Waals surface area contributed by atoms with Crippen LogP contribution in [-0.4, -0.2) is 252 Å². The minimum absolute atomic E-state index is 0. The third kappa shape index (κ3) is 68.6. The van der Waals surface area contributed by atoms with E-state index in [1.54, 1.807) is 66.7 Å². The van der Waals surface area contributed by atoms with Crippen LogP contribution in [0.4, 0.5) is 32.3 Å². The number of aliphatic carboxylic acids is 1. The SMILES string of the molecule is C.C.C.C.CC(C)(C)OC(=O)OC(=O)OC(C)(C)C.CC1CCCCC1CCO.CC1CCCCC1CCO.CC1CN(C(=O)OC(C)(C)C)CCC1CCO.CC1CN(Cc2ccccc2)CC/C1=C/CO.CC1CN(Cc2ccccc2)CCC1=O.CI.COC(=O)/C=C1/CCN(Cc2ccccc2)CC1C.COCCC1CCCCC1C.COCCC1CCN(C(=O)OC(C)(C)C)CC1C.O=C(O)C(F)(F)F. The average Bonchev–Trinajstić information content (AvgIpc) is 0.844. The molecule has 3 saturated carbocycles. The standard InChI is InChI=1S/C16H21NO2.C15H21NO.C14H27NO3.C13H25NO3.C13H17NO.C10H18O5.C10H20O.2C9H18O.C2HF3O2.CH3I.4CH4/c1-13-11-17(12-14-6-4-3-5-7-14)9-8-15(13)10-16(18)19-2;1-13-11-16(9-7-15(13)8-10-17)12-14-5-3-2-4-6-14;1-11-10-15(13(16)18-14(2,3)4)8-6-12(11)7-9-17-5;1-10-9-14(7-5-11(10)6-8-15)12(16)17-13(2,3)4;1-11-9-14(8-7-13(11)15)10-12-5-3-2-4-6-12;1-9(2,3)14-7(11)13-8(12)15-10(4,5)6;1-9-5-3-4-6-10(9)7-8-11-2;2*1-8-4-2-3-5-9(8)6-7-10;3-2(4,5)1(6)7;1-2;;;;/h3-7,10,13H,8-9,11-12H2,1-2H3;2-6,8,13,17H,7,9-12H2,1H3;11-12H,6-10H2,1-5H3;10-11,15H,5-9H2,1-4H3;2-6,11H,7-10H2,1H3;1-6H3;9-10H,3-8H2,1-2H3;2*8-10H,2-7H2,1H3;(H,6,7);1H3;4*1H4/b15-10-;15-8-;;;;;;;;;;;;;. The van der Waals surface area contributed by atoms with Gasteiger partial charge in [-0.3, -0.25) is 19.5 Å². The number of rotatable bonds is 20.